The Hall–Kier alpha value is -2.30. The van der Waals surface area contributed by atoms with E-state index in [0.29, 0.717) is 13.0 Å². The van der Waals surface area contributed by atoms with Crippen molar-refractivity contribution in [1.82, 2.24) is 14.9 Å². The van der Waals surface area contributed by atoms with Crippen molar-refractivity contribution < 1.29 is 4.79 Å². The highest BCUT2D eigenvalue weighted by Gasteiger charge is 2.15. The van der Waals surface area contributed by atoms with E-state index < -0.39 is 0 Å². The van der Waals surface area contributed by atoms with E-state index in [0.717, 1.165) is 23.4 Å². The molecule has 1 amide bonds. The normalized spacial score (nSPS) is 14.8. The van der Waals surface area contributed by atoms with E-state index in [9.17, 15) is 9.59 Å². The van der Waals surface area contributed by atoms with Crippen molar-refractivity contribution in [3.05, 3.63) is 56.8 Å². The Morgan fingerprint density at radius 3 is 2.64 bits per heavy atom. The minimum atomic E-state index is -0.148. The van der Waals surface area contributed by atoms with Crippen LogP contribution in [0.15, 0.2) is 23.0 Å². The standard InChI is InChI=1S/C20H27N3O2/c1-13-15(3)23(20(25)22-13)11-10-19(24)21-14(2)17-9-8-16-6-4-5-7-18(16)12-17/h8-9,12,14H,4-7,10-11H2,1-3H3,(H,21,24)(H,22,25). The second kappa shape index (κ2) is 7.30. The number of aromatic amines is 1. The number of aryl methyl sites for hydroxylation is 3. The maximum atomic E-state index is 12.3. The fourth-order valence-electron chi connectivity index (χ4n) is 3.58. The summed E-state index contributed by atoms with van der Waals surface area (Å²) in [7, 11) is 0. The third kappa shape index (κ3) is 3.86. The van der Waals surface area contributed by atoms with E-state index in [2.05, 4.69) is 28.5 Å². The molecule has 25 heavy (non-hydrogen) atoms. The molecular weight excluding hydrogens is 314 g/mol. The van der Waals surface area contributed by atoms with E-state index in [1.54, 1.807) is 4.57 Å². The molecule has 1 aliphatic rings. The average Bonchev–Trinajstić information content (AvgIpc) is 2.84. The number of H-pyrrole nitrogens is 1. The zero-order chi connectivity index (χ0) is 18.0. The number of benzene rings is 1. The van der Waals surface area contributed by atoms with Gasteiger partial charge in [-0.1, -0.05) is 18.2 Å². The molecule has 3 rings (SSSR count). The van der Waals surface area contributed by atoms with Gasteiger partial charge in [-0.25, -0.2) is 4.79 Å². The largest absolute Gasteiger partial charge is 0.350 e. The van der Waals surface area contributed by atoms with Crippen LogP contribution in [-0.4, -0.2) is 15.5 Å². The molecule has 0 saturated carbocycles. The SMILES string of the molecule is Cc1[nH]c(=O)n(CCC(=O)NC(C)c2ccc3c(c2)CCCC3)c1C. The van der Waals surface area contributed by atoms with Crippen LogP contribution in [0.4, 0.5) is 0 Å². The first-order valence-corrected chi connectivity index (χ1v) is 9.13. The van der Waals surface area contributed by atoms with Gasteiger partial charge in [0.15, 0.2) is 0 Å². The quantitative estimate of drug-likeness (QED) is 0.878. The van der Waals surface area contributed by atoms with Gasteiger partial charge in [0.25, 0.3) is 0 Å². The molecular formula is C20H27N3O2. The Labute approximate surface area is 148 Å². The Balaban J connectivity index is 1.60. The number of hydrogen-bond acceptors (Lipinski definition) is 2. The molecule has 0 radical (unpaired) electrons. The maximum absolute atomic E-state index is 12.3. The minimum Gasteiger partial charge on any atom is -0.350 e. The average molecular weight is 341 g/mol. The van der Waals surface area contributed by atoms with Crippen molar-refractivity contribution in [3.8, 4) is 0 Å². The number of hydrogen-bond donors (Lipinski definition) is 2. The van der Waals surface area contributed by atoms with Crippen LogP contribution in [0.2, 0.25) is 0 Å². The second-order valence-electron chi connectivity index (χ2n) is 7.07. The van der Waals surface area contributed by atoms with Gasteiger partial charge in [-0.05, 0) is 63.1 Å². The number of nitrogens with zero attached hydrogens (tertiary/aromatic N) is 1. The molecule has 0 bridgehead atoms. The molecule has 1 aromatic carbocycles. The molecule has 1 aromatic heterocycles. The van der Waals surface area contributed by atoms with Crippen LogP contribution in [0.25, 0.3) is 0 Å². The fourth-order valence-corrected chi connectivity index (χ4v) is 3.58. The third-order valence-electron chi connectivity index (χ3n) is 5.30. The van der Waals surface area contributed by atoms with Crippen LogP contribution in [0.3, 0.4) is 0 Å². The molecule has 5 heteroatoms. The first-order chi connectivity index (χ1) is 12.0. The molecule has 1 unspecified atom stereocenters. The van der Waals surface area contributed by atoms with Gasteiger partial charge in [0.05, 0.1) is 6.04 Å². The van der Waals surface area contributed by atoms with E-state index in [1.807, 2.05) is 20.8 Å². The van der Waals surface area contributed by atoms with Crippen LogP contribution in [-0.2, 0) is 24.2 Å². The summed E-state index contributed by atoms with van der Waals surface area (Å²) in [6.07, 6.45) is 5.13. The van der Waals surface area contributed by atoms with E-state index >= 15 is 0 Å². The lowest BCUT2D eigenvalue weighted by atomic mass is 9.89. The molecule has 1 heterocycles. The molecule has 1 aliphatic carbocycles. The smallest absolute Gasteiger partial charge is 0.325 e. The van der Waals surface area contributed by atoms with Gasteiger partial charge < -0.3 is 10.3 Å². The summed E-state index contributed by atoms with van der Waals surface area (Å²) in [6.45, 7) is 6.17. The number of nitrogens with one attached hydrogen (secondary N) is 2. The summed E-state index contributed by atoms with van der Waals surface area (Å²) in [5.41, 5.74) is 5.62. The van der Waals surface area contributed by atoms with Crippen LogP contribution in [0, 0.1) is 13.8 Å². The number of carbonyl (C=O) groups excluding carboxylic acids is 1. The zero-order valence-corrected chi connectivity index (χ0v) is 15.3. The number of imidazole rings is 1. The van der Waals surface area contributed by atoms with E-state index in [1.165, 1.54) is 30.4 Å². The van der Waals surface area contributed by atoms with Crippen LogP contribution in [0.5, 0.6) is 0 Å². The number of carbonyl (C=O) groups is 1. The minimum absolute atomic E-state index is 0.0227. The first-order valence-electron chi connectivity index (χ1n) is 9.13. The monoisotopic (exact) mass is 341 g/mol. The van der Waals surface area contributed by atoms with Crippen molar-refractivity contribution >= 4 is 5.91 Å². The molecule has 134 valence electrons. The molecule has 0 aliphatic heterocycles. The highest BCUT2D eigenvalue weighted by molar-refractivity contribution is 5.76. The summed E-state index contributed by atoms with van der Waals surface area (Å²) >= 11 is 0. The van der Waals surface area contributed by atoms with Crippen molar-refractivity contribution in [3.63, 3.8) is 0 Å². The Kier molecular flexibility index (Phi) is 5.11. The van der Waals surface area contributed by atoms with Gasteiger partial charge in [-0.3, -0.25) is 9.36 Å². The number of fused-ring (bicyclic) bond motifs is 1. The lowest BCUT2D eigenvalue weighted by molar-refractivity contribution is -0.121. The molecule has 0 fully saturated rings. The molecule has 2 N–H and O–H groups in total. The summed E-state index contributed by atoms with van der Waals surface area (Å²) in [6, 6.07) is 6.55. The summed E-state index contributed by atoms with van der Waals surface area (Å²) in [4.78, 5) is 26.9. The van der Waals surface area contributed by atoms with Gasteiger partial charge in [0.1, 0.15) is 0 Å². The topological polar surface area (TPSA) is 66.9 Å². The summed E-state index contributed by atoms with van der Waals surface area (Å²) < 4.78 is 1.62. The number of aromatic nitrogens is 2. The van der Waals surface area contributed by atoms with Crippen molar-refractivity contribution in [2.24, 2.45) is 0 Å². The highest BCUT2D eigenvalue weighted by Crippen LogP contribution is 2.24. The fraction of sp³-hybridized carbons (Fsp3) is 0.500. The Morgan fingerprint density at radius 1 is 1.24 bits per heavy atom. The van der Waals surface area contributed by atoms with Gasteiger partial charge in [0.2, 0.25) is 5.91 Å². The van der Waals surface area contributed by atoms with Crippen molar-refractivity contribution in [2.75, 3.05) is 0 Å². The van der Waals surface area contributed by atoms with Gasteiger partial charge >= 0.3 is 5.69 Å². The van der Waals surface area contributed by atoms with Gasteiger partial charge in [-0.15, -0.1) is 0 Å². The number of rotatable bonds is 5. The molecule has 1 atom stereocenters. The van der Waals surface area contributed by atoms with Crippen molar-refractivity contribution in [1.29, 1.82) is 0 Å². The molecule has 0 spiro atoms. The predicted octanol–water partition coefficient (Wildman–Crippen LogP) is 2.94. The summed E-state index contributed by atoms with van der Waals surface area (Å²) in [5.74, 6) is -0.0321. The molecule has 2 aromatic rings. The third-order valence-corrected chi connectivity index (χ3v) is 5.30. The second-order valence-corrected chi connectivity index (χ2v) is 7.07. The Bertz CT molecular complexity index is 832. The molecule has 0 saturated heterocycles. The Morgan fingerprint density at radius 2 is 1.96 bits per heavy atom. The van der Waals surface area contributed by atoms with E-state index in [4.69, 9.17) is 0 Å². The van der Waals surface area contributed by atoms with Crippen LogP contribution in [0.1, 0.15) is 60.3 Å². The van der Waals surface area contributed by atoms with Gasteiger partial charge in [-0.2, -0.15) is 0 Å². The molecule has 5 nitrogen and oxygen atoms in total. The van der Waals surface area contributed by atoms with Gasteiger partial charge in [0, 0.05) is 24.4 Å². The maximum Gasteiger partial charge on any atom is 0.325 e. The lowest BCUT2D eigenvalue weighted by Crippen LogP contribution is -2.29. The predicted molar refractivity (Wildman–Crippen MR) is 98.8 cm³/mol. The summed E-state index contributed by atoms with van der Waals surface area (Å²) in [5, 5.41) is 3.05. The number of amides is 1. The highest BCUT2D eigenvalue weighted by atomic mass is 16.2. The zero-order valence-electron chi connectivity index (χ0n) is 15.3. The van der Waals surface area contributed by atoms with Crippen molar-refractivity contribution in [2.45, 2.75) is 65.5 Å². The first kappa shape index (κ1) is 17.5. The van der Waals surface area contributed by atoms with Crippen LogP contribution < -0.4 is 11.0 Å². The van der Waals surface area contributed by atoms with E-state index in [-0.39, 0.29) is 17.6 Å². The lowest BCUT2D eigenvalue weighted by Gasteiger charge is -2.20. The van der Waals surface area contributed by atoms with Crippen LogP contribution >= 0.6 is 0 Å².